The highest BCUT2D eigenvalue weighted by molar-refractivity contribution is 7.89. The molecule has 0 aliphatic heterocycles. The summed E-state index contributed by atoms with van der Waals surface area (Å²) in [4.78, 5) is 16.2. The molecular formula is C19H21N5O3S. The summed E-state index contributed by atoms with van der Waals surface area (Å²) in [5.41, 5.74) is 2.74. The smallest absolute Gasteiger partial charge is 0.238 e. The van der Waals surface area contributed by atoms with E-state index in [1.807, 2.05) is 31.2 Å². The highest BCUT2D eigenvalue weighted by atomic mass is 32.2. The number of hydrogen-bond donors (Lipinski definition) is 2. The van der Waals surface area contributed by atoms with Gasteiger partial charge in [0, 0.05) is 6.42 Å². The molecule has 28 heavy (non-hydrogen) atoms. The second-order valence-corrected chi connectivity index (χ2v) is 7.97. The number of carbonyl (C=O) groups is 1. The highest BCUT2D eigenvalue weighted by Crippen LogP contribution is 2.16. The van der Waals surface area contributed by atoms with Crippen molar-refractivity contribution in [2.45, 2.75) is 30.7 Å². The summed E-state index contributed by atoms with van der Waals surface area (Å²) >= 11 is 0. The van der Waals surface area contributed by atoms with Gasteiger partial charge in [-0.1, -0.05) is 24.3 Å². The number of aryl methyl sites for hydroxylation is 1. The third kappa shape index (κ3) is 5.02. The average Bonchev–Trinajstić information content (AvgIpc) is 3.21. The van der Waals surface area contributed by atoms with Gasteiger partial charge in [-0.15, -0.1) is 0 Å². The number of nitrogens with two attached hydrogens (primary N) is 1. The Kier molecular flexibility index (Phi) is 5.86. The van der Waals surface area contributed by atoms with Crippen LogP contribution in [0.25, 0.3) is 5.69 Å². The van der Waals surface area contributed by atoms with Crippen molar-refractivity contribution in [3.05, 3.63) is 72.3 Å². The molecule has 0 saturated heterocycles. The van der Waals surface area contributed by atoms with Crippen molar-refractivity contribution in [2.24, 2.45) is 5.14 Å². The van der Waals surface area contributed by atoms with E-state index in [-0.39, 0.29) is 16.8 Å². The first kappa shape index (κ1) is 19.7. The second kappa shape index (κ2) is 8.32. The monoisotopic (exact) mass is 399 g/mol. The fourth-order valence-corrected chi connectivity index (χ4v) is 3.27. The Morgan fingerprint density at radius 3 is 2.39 bits per heavy atom. The zero-order chi connectivity index (χ0) is 20.1. The van der Waals surface area contributed by atoms with Crippen LogP contribution in [0.15, 0.2) is 66.1 Å². The zero-order valence-corrected chi connectivity index (χ0v) is 16.1. The van der Waals surface area contributed by atoms with Gasteiger partial charge < -0.3 is 5.32 Å². The number of nitrogens with zero attached hydrogens (tertiary/aromatic N) is 3. The molecule has 8 nitrogen and oxygen atoms in total. The van der Waals surface area contributed by atoms with Gasteiger partial charge in [0.1, 0.15) is 12.7 Å². The molecule has 1 aromatic heterocycles. The third-order valence-corrected chi connectivity index (χ3v) is 5.28. The van der Waals surface area contributed by atoms with E-state index in [0.717, 1.165) is 16.8 Å². The summed E-state index contributed by atoms with van der Waals surface area (Å²) in [6, 6.07) is 13.8. The number of sulfonamides is 1. The van der Waals surface area contributed by atoms with Crippen molar-refractivity contribution < 1.29 is 13.2 Å². The van der Waals surface area contributed by atoms with Gasteiger partial charge in [0.2, 0.25) is 15.9 Å². The normalized spacial score (nSPS) is 12.5. The summed E-state index contributed by atoms with van der Waals surface area (Å²) in [5.74, 6) is -0.0802. The topological polar surface area (TPSA) is 120 Å². The fourth-order valence-electron chi connectivity index (χ4n) is 2.76. The van der Waals surface area contributed by atoms with Crippen LogP contribution in [0.4, 0.5) is 0 Å². The molecular weight excluding hydrogens is 378 g/mol. The van der Waals surface area contributed by atoms with E-state index in [1.165, 1.54) is 18.5 Å². The summed E-state index contributed by atoms with van der Waals surface area (Å²) in [6.45, 7) is 1.92. The average molecular weight is 399 g/mol. The lowest BCUT2D eigenvalue weighted by Gasteiger charge is -2.15. The van der Waals surface area contributed by atoms with Crippen LogP contribution in [-0.2, 0) is 21.2 Å². The van der Waals surface area contributed by atoms with Crippen LogP contribution in [-0.4, -0.2) is 29.1 Å². The first-order valence-corrected chi connectivity index (χ1v) is 10.2. The largest absolute Gasteiger partial charge is 0.350 e. The minimum absolute atomic E-state index is 0.0589. The van der Waals surface area contributed by atoms with E-state index < -0.39 is 10.0 Å². The molecule has 0 aliphatic carbocycles. The van der Waals surface area contributed by atoms with Crippen LogP contribution >= 0.6 is 0 Å². The van der Waals surface area contributed by atoms with Gasteiger partial charge in [-0.25, -0.2) is 23.2 Å². The molecule has 0 saturated carbocycles. The van der Waals surface area contributed by atoms with Crippen LogP contribution in [0, 0.1) is 0 Å². The fraction of sp³-hybridized carbons (Fsp3) is 0.211. The lowest BCUT2D eigenvalue weighted by molar-refractivity contribution is -0.121. The molecule has 0 aliphatic rings. The van der Waals surface area contributed by atoms with E-state index in [9.17, 15) is 13.2 Å². The number of rotatable bonds is 7. The van der Waals surface area contributed by atoms with E-state index in [1.54, 1.807) is 23.1 Å². The molecule has 0 fully saturated rings. The number of benzene rings is 2. The quantitative estimate of drug-likeness (QED) is 0.627. The minimum Gasteiger partial charge on any atom is -0.350 e. The van der Waals surface area contributed by atoms with Gasteiger partial charge in [0.15, 0.2) is 0 Å². The standard InChI is InChI=1S/C19H21N5O3S/c1-14(16-5-7-17(8-6-16)24-13-21-12-22-24)23-19(25)11-4-15-2-9-18(10-3-15)28(20,26)27/h2-3,5-10,12-14H,4,11H2,1H3,(H,23,25)(H2,20,26,27). The Morgan fingerprint density at radius 2 is 1.82 bits per heavy atom. The van der Waals surface area contributed by atoms with Crippen molar-refractivity contribution in [3.8, 4) is 5.69 Å². The number of aromatic nitrogens is 3. The third-order valence-electron chi connectivity index (χ3n) is 4.35. The molecule has 1 heterocycles. The molecule has 0 bridgehead atoms. The predicted molar refractivity (Wildman–Crippen MR) is 104 cm³/mol. The van der Waals surface area contributed by atoms with Gasteiger partial charge in [0.05, 0.1) is 16.6 Å². The van der Waals surface area contributed by atoms with E-state index in [2.05, 4.69) is 15.4 Å². The molecule has 1 amide bonds. The van der Waals surface area contributed by atoms with Crippen molar-refractivity contribution in [1.82, 2.24) is 20.1 Å². The molecule has 0 radical (unpaired) electrons. The van der Waals surface area contributed by atoms with Gasteiger partial charge in [-0.05, 0) is 48.7 Å². The molecule has 3 rings (SSSR count). The Hall–Kier alpha value is -3.04. The Balaban J connectivity index is 1.53. The SMILES string of the molecule is CC(NC(=O)CCc1ccc(S(N)(=O)=O)cc1)c1ccc(-n2cncn2)cc1. The molecule has 146 valence electrons. The van der Waals surface area contributed by atoms with Crippen LogP contribution in [0.3, 0.4) is 0 Å². The van der Waals surface area contributed by atoms with Gasteiger partial charge in [0.25, 0.3) is 0 Å². The number of nitrogens with one attached hydrogen (secondary N) is 1. The molecule has 1 atom stereocenters. The van der Waals surface area contributed by atoms with Gasteiger partial charge in [-0.2, -0.15) is 5.10 Å². The van der Waals surface area contributed by atoms with Gasteiger partial charge in [-0.3, -0.25) is 4.79 Å². The predicted octanol–water partition coefficient (Wildman–Crippen LogP) is 1.72. The van der Waals surface area contributed by atoms with Crippen molar-refractivity contribution in [1.29, 1.82) is 0 Å². The Labute approximate surface area is 163 Å². The molecule has 3 N–H and O–H groups in total. The van der Waals surface area contributed by atoms with Crippen molar-refractivity contribution in [3.63, 3.8) is 0 Å². The van der Waals surface area contributed by atoms with Gasteiger partial charge >= 0.3 is 0 Å². The van der Waals surface area contributed by atoms with E-state index in [4.69, 9.17) is 5.14 Å². The number of amides is 1. The Morgan fingerprint density at radius 1 is 1.14 bits per heavy atom. The molecule has 3 aromatic rings. The van der Waals surface area contributed by atoms with Crippen LogP contribution < -0.4 is 10.5 Å². The first-order valence-electron chi connectivity index (χ1n) is 8.69. The summed E-state index contributed by atoms with van der Waals surface area (Å²) in [6.07, 6.45) is 3.90. The maximum atomic E-state index is 12.2. The Bertz CT molecular complexity index is 1030. The molecule has 1 unspecified atom stereocenters. The maximum Gasteiger partial charge on any atom is 0.238 e. The second-order valence-electron chi connectivity index (χ2n) is 6.41. The molecule has 0 spiro atoms. The molecule has 2 aromatic carbocycles. The lowest BCUT2D eigenvalue weighted by atomic mass is 10.1. The maximum absolute atomic E-state index is 12.2. The van der Waals surface area contributed by atoms with Crippen molar-refractivity contribution in [2.75, 3.05) is 0 Å². The number of hydrogen-bond acceptors (Lipinski definition) is 5. The van der Waals surface area contributed by atoms with E-state index >= 15 is 0 Å². The van der Waals surface area contributed by atoms with Crippen LogP contribution in [0.5, 0.6) is 0 Å². The zero-order valence-electron chi connectivity index (χ0n) is 15.3. The summed E-state index contributed by atoms with van der Waals surface area (Å²) in [7, 11) is -3.70. The van der Waals surface area contributed by atoms with Crippen molar-refractivity contribution >= 4 is 15.9 Å². The number of primary sulfonamides is 1. The molecule has 9 heteroatoms. The van der Waals surface area contributed by atoms with E-state index in [0.29, 0.717) is 12.8 Å². The number of carbonyl (C=O) groups excluding carboxylic acids is 1. The highest BCUT2D eigenvalue weighted by Gasteiger charge is 2.11. The minimum atomic E-state index is -3.70. The summed E-state index contributed by atoms with van der Waals surface area (Å²) < 4.78 is 24.2. The lowest BCUT2D eigenvalue weighted by Crippen LogP contribution is -2.26. The van der Waals surface area contributed by atoms with Crippen LogP contribution in [0.2, 0.25) is 0 Å². The van der Waals surface area contributed by atoms with Crippen LogP contribution in [0.1, 0.15) is 30.5 Å². The summed E-state index contributed by atoms with van der Waals surface area (Å²) in [5, 5.41) is 12.1. The first-order chi connectivity index (χ1) is 13.3.